The van der Waals surface area contributed by atoms with Crippen LogP contribution in [0.4, 0.5) is 34.1 Å². The Labute approximate surface area is 404 Å². The molecule has 0 fully saturated rings. The first-order chi connectivity index (χ1) is 33.2. The minimum absolute atomic E-state index is 1.16. The summed E-state index contributed by atoms with van der Waals surface area (Å²) in [6, 6.07) is 76.9. The van der Waals surface area contributed by atoms with Gasteiger partial charge in [0, 0.05) is 93.4 Å². The van der Waals surface area contributed by atoms with E-state index in [0.29, 0.717) is 0 Å². The van der Waals surface area contributed by atoms with E-state index in [0.717, 1.165) is 11.4 Å². The summed E-state index contributed by atoms with van der Waals surface area (Å²) in [6.07, 6.45) is 0. The third-order valence-corrected chi connectivity index (χ3v) is 19.4. The Morgan fingerprint density at radius 3 is 0.791 bits per heavy atom. The highest BCUT2D eigenvalue weighted by molar-refractivity contribution is 7.28. The minimum atomic E-state index is 1.16. The summed E-state index contributed by atoms with van der Waals surface area (Å²) in [5.74, 6) is 0. The lowest BCUT2D eigenvalue weighted by molar-refractivity contribution is 1.33. The van der Waals surface area contributed by atoms with Crippen LogP contribution in [-0.2, 0) is 0 Å². The fourth-order valence-electron chi connectivity index (χ4n) is 10.5. The van der Waals surface area contributed by atoms with Crippen molar-refractivity contribution in [3.05, 3.63) is 206 Å². The van der Waals surface area contributed by atoms with Gasteiger partial charge in [0.1, 0.15) is 0 Å². The van der Waals surface area contributed by atoms with Gasteiger partial charge in [-0.15, -0.1) is 56.7 Å². The van der Waals surface area contributed by atoms with E-state index in [1.54, 1.807) is 0 Å². The molecule has 67 heavy (non-hydrogen) atoms. The second-order valence-corrected chi connectivity index (χ2v) is 22.4. The summed E-state index contributed by atoms with van der Waals surface area (Å²) >= 11 is 9.45. The second-order valence-electron chi connectivity index (χ2n) is 17.1. The van der Waals surface area contributed by atoms with Gasteiger partial charge in [-0.3, -0.25) is 0 Å². The molecule has 0 unspecified atom stereocenters. The molecule has 0 saturated heterocycles. The average molecular weight is 943 g/mol. The zero-order valence-electron chi connectivity index (χ0n) is 35.6. The molecule has 314 valence electrons. The highest BCUT2D eigenvalue weighted by atomic mass is 32.1. The van der Waals surface area contributed by atoms with Gasteiger partial charge in [0.2, 0.25) is 0 Å². The summed E-state index contributed by atoms with van der Waals surface area (Å²) in [5.41, 5.74) is 7.12. The molecule has 0 bridgehead atoms. The van der Waals surface area contributed by atoms with Crippen molar-refractivity contribution in [2.24, 2.45) is 0 Å². The van der Waals surface area contributed by atoms with Gasteiger partial charge in [0.05, 0.1) is 41.5 Å². The molecule has 0 spiro atoms. The highest BCUT2D eigenvalue weighted by Crippen LogP contribution is 2.52. The van der Waals surface area contributed by atoms with Crippen LogP contribution < -0.4 is 9.80 Å². The molecule has 15 aromatic rings. The van der Waals surface area contributed by atoms with Crippen LogP contribution in [0.15, 0.2) is 206 Å². The maximum absolute atomic E-state index is 2.53. The van der Waals surface area contributed by atoms with E-state index >= 15 is 0 Å². The Bertz CT molecular complexity index is 3990. The van der Waals surface area contributed by atoms with Crippen LogP contribution in [0.3, 0.4) is 0 Å². The first-order valence-electron chi connectivity index (χ1n) is 22.4. The average Bonchev–Trinajstić information content (AvgIpc) is 4.21. The van der Waals surface area contributed by atoms with Gasteiger partial charge in [0.25, 0.3) is 0 Å². The van der Waals surface area contributed by atoms with Gasteiger partial charge in [-0.05, 0) is 72.8 Å². The Kier molecular flexibility index (Phi) is 8.35. The zero-order valence-corrected chi connectivity index (χ0v) is 39.6. The molecule has 2 nitrogen and oxygen atoms in total. The normalized spacial score (nSPS) is 12.2. The predicted molar refractivity (Wildman–Crippen MR) is 300 cm³/mol. The van der Waals surface area contributed by atoms with Crippen LogP contribution in [0.25, 0.3) is 101 Å². The maximum atomic E-state index is 2.53. The summed E-state index contributed by atoms with van der Waals surface area (Å²) in [4.78, 5) is 5.06. The van der Waals surface area contributed by atoms with Gasteiger partial charge >= 0.3 is 0 Å². The molecular weight excluding hydrogens is 909 g/mol. The molecular formula is C60H34N2S5. The Morgan fingerprint density at radius 1 is 0.209 bits per heavy atom. The lowest BCUT2D eigenvalue weighted by Crippen LogP contribution is -2.10. The van der Waals surface area contributed by atoms with Gasteiger partial charge in [-0.25, -0.2) is 0 Å². The van der Waals surface area contributed by atoms with Gasteiger partial charge in [0.15, 0.2) is 0 Å². The molecule has 0 aliphatic heterocycles. The van der Waals surface area contributed by atoms with E-state index in [-0.39, 0.29) is 0 Å². The molecule has 0 aliphatic rings. The summed E-state index contributed by atoms with van der Waals surface area (Å²) in [6.45, 7) is 0. The van der Waals surface area contributed by atoms with Crippen molar-refractivity contribution in [2.45, 2.75) is 0 Å². The second kappa shape index (κ2) is 14.7. The number of anilines is 6. The summed E-state index contributed by atoms with van der Waals surface area (Å²) < 4.78 is 13.0. The molecule has 0 amide bonds. The predicted octanol–water partition coefficient (Wildman–Crippen LogP) is 20.5. The van der Waals surface area contributed by atoms with Crippen LogP contribution in [0.1, 0.15) is 0 Å². The molecule has 0 saturated carbocycles. The third-order valence-electron chi connectivity index (χ3n) is 13.5. The van der Waals surface area contributed by atoms with Crippen LogP contribution in [-0.4, -0.2) is 0 Å². The van der Waals surface area contributed by atoms with Crippen molar-refractivity contribution in [1.29, 1.82) is 0 Å². The topological polar surface area (TPSA) is 6.48 Å². The number of benzene rings is 10. The Morgan fingerprint density at radius 2 is 0.478 bits per heavy atom. The number of nitrogens with zero attached hydrogens (tertiary/aromatic N) is 2. The number of hydrogen-bond acceptors (Lipinski definition) is 7. The van der Waals surface area contributed by atoms with Crippen molar-refractivity contribution in [2.75, 3.05) is 9.80 Å². The number of thiophene rings is 5. The monoisotopic (exact) mass is 942 g/mol. The molecule has 0 aliphatic carbocycles. The summed E-state index contributed by atoms with van der Waals surface area (Å²) in [5, 5.41) is 13.0. The van der Waals surface area contributed by atoms with Gasteiger partial charge in [-0.2, -0.15) is 0 Å². The Balaban J connectivity index is 0.946. The molecule has 5 aromatic heterocycles. The lowest BCUT2D eigenvalue weighted by Gasteiger charge is -2.27. The van der Waals surface area contributed by atoms with Gasteiger partial charge in [-0.1, -0.05) is 133 Å². The fraction of sp³-hybridized carbons (Fsp3) is 0. The third kappa shape index (κ3) is 5.70. The number of hydrogen-bond donors (Lipinski definition) is 0. The van der Waals surface area contributed by atoms with Crippen molar-refractivity contribution < 1.29 is 0 Å². The first kappa shape index (κ1) is 38.1. The van der Waals surface area contributed by atoms with E-state index in [9.17, 15) is 0 Å². The van der Waals surface area contributed by atoms with E-state index in [4.69, 9.17) is 0 Å². The molecule has 0 N–H and O–H groups in total. The largest absolute Gasteiger partial charge is 0.308 e. The molecule has 5 heterocycles. The van der Waals surface area contributed by atoms with Crippen molar-refractivity contribution >= 4 is 192 Å². The smallest absolute Gasteiger partial charge is 0.0640 e. The maximum Gasteiger partial charge on any atom is 0.0640 e. The van der Waals surface area contributed by atoms with E-state index in [1.807, 2.05) is 56.7 Å². The van der Waals surface area contributed by atoms with E-state index < -0.39 is 0 Å². The van der Waals surface area contributed by atoms with Gasteiger partial charge < -0.3 is 9.80 Å². The molecule has 10 aromatic carbocycles. The minimum Gasteiger partial charge on any atom is -0.308 e. The Hall–Kier alpha value is -7.10. The molecule has 15 rings (SSSR count). The fourth-order valence-corrected chi connectivity index (χ4v) is 16.5. The summed E-state index contributed by atoms with van der Waals surface area (Å²) in [7, 11) is 0. The number of fused-ring (bicyclic) bond motifs is 15. The molecule has 7 heteroatoms. The zero-order chi connectivity index (χ0) is 43.7. The van der Waals surface area contributed by atoms with Crippen LogP contribution in [0, 0.1) is 0 Å². The quantitative estimate of drug-likeness (QED) is 0.164. The van der Waals surface area contributed by atoms with Crippen LogP contribution in [0.5, 0.6) is 0 Å². The van der Waals surface area contributed by atoms with Crippen LogP contribution in [0.2, 0.25) is 0 Å². The standard InChI is InChI=1S/C60H34N2S5/c1-5-25-51-37(13-1)43-17-9-21-47(57(43)64-51)61(48-22-10-18-44-38-14-2-6-26-52(38)65-58(44)48)35-29-31-41-42-32-30-36(34-56(42)63-55(41)33-35)62(49-23-11-19-45-39-15-3-7-27-53(39)66-59(45)49)50-24-12-20-46-40-16-4-8-28-54(40)67-60(46)50/h1-34H. The van der Waals surface area contributed by atoms with Crippen molar-refractivity contribution in [1.82, 2.24) is 0 Å². The SMILES string of the molecule is c1ccc2c(c1)sc1c(N(c3ccc4c(c3)sc3cc(N(c5cccc6c5sc5ccccc56)c5cccc6c5sc5ccccc56)ccc34)c3cccc4c3sc3ccccc34)cccc12. The van der Waals surface area contributed by atoms with Crippen molar-refractivity contribution in [3.63, 3.8) is 0 Å². The van der Waals surface area contributed by atoms with Crippen molar-refractivity contribution in [3.8, 4) is 0 Å². The molecule has 0 radical (unpaired) electrons. The van der Waals surface area contributed by atoms with E-state index in [2.05, 4.69) is 216 Å². The molecule has 0 atom stereocenters. The lowest BCUT2D eigenvalue weighted by atomic mass is 10.1. The first-order valence-corrected chi connectivity index (χ1v) is 26.5. The van der Waals surface area contributed by atoms with E-state index in [1.165, 1.54) is 124 Å². The highest BCUT2D eigenvalue weighted by Gasteiger charge is 2.25. The van der Waals surface area contributed by atoms with Crippen LogP contribution >= 0.6 is 56.7 Å². The number of rotatable bonds is 6.